The van der Waals surface area contributed by atoms with E-state index in [1.165, 1.54) is 11.3 Å². The molecule has 1 aromatic heterocycles. The molecule has 1 N–H and O–H groups in total. The first-order valence-corrected chi connectivity index (χ1v) is 9.88. The van der Waals surface area contributed by atoms with Crippen LogP contribution in [0.25, 0.3) is 0 Å². The van der Waals surface area contributed by atoms with Crippen LogP contribution in [-0.2, 0) is 9.84 Å². The second kappa shape index (κ2) is 6.72. The maximum Gasteiger partial charge on any atom is 0.322 e. The molecular formula is C16H18N2O3S2. The Hall–Kier alpha value is -1.86. The van der Waals surface area contributed by atoms with Gasteiger partial charge in [0.05, 0.1) is 15.1 Å². The standard InChI is InChI=1S/C16H18N2O3S2/c19-16(17-15-7-4-12-22-15)18-10-8-14(9-11-18)23(20,21)13-5-2-1-3-6-13/h1-7,12,14H,8-11H2,(H,17,19). The van der Waals surface area contributed by atoms with Crippen molar-refractivity contribution in [3.8, 4) is 0 Å². The first kappa shape index (κ1) is 16.0. The van der Waals surface area contributed by atoms with Crippen LogP contribution in [0, 0.1) is 0 Å². The van der Waals surface area contributed by atoms with Crippen molar-refractivity contribution in [2.24, 2.45) is 0 Å². The van der Waals surface area contributed by atoms with Gasteiger partial charge in [-0.3, -0.25) is 5.32 Å². The molecule has 1 aliphatic heterocycles. The highest BCUT2D eigenvalue weighted by Crippen LogP contribution is 2.25. The second-order valence-electron chi connectivity index (χ2n) is 5.45. The van der Waals surface area contributed by atoms with E-state index in [1.54, 1.807) is 35.2 Å². The number of urea groups is 1. The number of carbonyl (C=O) groups is 1. The first-order chi connectivity index (χ1) is 11.1. The van der Waals surface area contributed by atoms with Crippen molar-refractivity contribution in [1.82, 2.24) is 4.90 Å². The lowest BCUT2D eigenvalue weighted by molar-refractivity contribution is 0.200. The van der Waals surface area contributed by atoms with Gasteiger partial charge in [-0.25, -0.2) is 13.2 Å². The molecule has 1 saturated heterocycles. The van der Waals surface area contributed by atoms with E-state index in [0.29, 0.717) is 30.8 Å². The minimum Gasteiger partial charge on any atom is -0.324 e. The number of carbonyl (C=O) groups excluding carboxylic acids is 1. The SMILES string of the molecule is O=C(Nc1cccs1)N1CCC(S(=O)(=O)c2ccccc2)CC1. The van der Waals surface area contributed by atoms with Crippen LogP contribution in [0.4, 0.5) is 9.80 Å². The van der Waals surface area contributed by atoms with E-state index < -0.39 is 15.1 Å². The minimum atomic E-state index is -3.32. The van der Waals surface area contributed by atoms with Crippen molar-refractivity contribution in [2.75, 3.05) is 18.4 Å². The van der Waals surface area contributed by atoms with Crippen LogP contribution < -0.4 is 5.32 Å². The third-order valence-corrected chi connectivity index (χ3v) is 7.05. The van der Waals surface area contributed by atoms with E-state index in [1.807, 2.05) is 17.5 Å². The van der Waals surface area contributed by atoms with Gasteiger partial charge in [-0.05, 0) is 42.5 Å². The zero-order valence-corrected chi connectivity index (χ0v) is 14.1. The quantitative estimate of drug-likeness (QED) is 0.924. The topological polar surface area (TPSA) is 66.5 Å². The Bertz CT molecular complexity index is 750. The Labute approximate surface area is 139 Å². The Morgan fingerprint density at radius 3 is 2.39 bits per heavy atom. The third-order valence-electron chi connectivity index (χ3n) is 3.99. The zero-order valence-electron chi connectivity index (χ0n) is 12.5. The summed E-state index contributed by atoms with van der Waals surface area (Å²) in [6, 6.07) is 12.1. The molecule has 0 aliphatic carbocycles. The summed E-state index contributed by atoms with van der Waals surface area (Å²) < 4.78 is 25.2. The van der Waals surface area contributed by atoms with Gasteiger partial charge in [0.2, 0.25) is 0 Å². The van der Waals surface area contributed by atoms with Crippen LogP contribution >= 0.6 is 11.3 Å². The number of amides is 2. The molecule has 0 radical (unpaired) electrons. The minimum absolute atomic E-state index is 0.164. The lowest BCUT2D eigenvalue weighted by Crippen LogP contribution is -2.44. The zero-order chi connectivity index (χ0) is 16.3. The lowest BCUT2D eigenvalue weighted by atomic mass is 10.1. The Kier molecular flexibility index (Phi) is 4.68. The average molecular weight is 350 g/mol. The molecule has 1 aromatic carbocycles. The van der Waals surface area contributed by atoms with Crippen molar-refractivity contribution < 1.29 is 13.2 Å². The lowest BCUT2D eigenvalue weighted by Gasteiger charge is -2.31. The van der Waals surface area contributed by atoms with Gasteiger partial charge in [-0.2, -0.15) is 0 Å². The van der Waals surface area contributed by atoms with Gasteiger partial charge < -0.3 is 4.90 Å². The van der Waals surface area contributed by atoms with Gasteiger partial charge >= 0.3 is 6.03 Å². The summed E-state index contributed by atoms with van der Waals surface area (Å²) in [5.41, 5.74) is 0. The van der Waals surface area contributed by atoms with E-state index in [9.17, 15) is 13.2 Å². The number of likely N-dealkylation sites (tertiary alicyclic amines) is 1. The summed E-state index contributed by atoms with van der Waals surface area (Å²) in [5.74, 6) is 0. The van der Waals surface area contributed by atoms with Gasteiger partial charge in [0, 0.05) is 13.1 Å². The normalized spacial score (nSPS) is 16.3. The molecule has 1 fully saturated rings. The summed E-state index contributed by atoms with van der Waals surface area (Å²) in [5, 5.41) is 5.11. The van der Waals surface area contributed by atoms with Crippen molar-refractivity contribution in [3.63, 3.8) is 0 Å². The molecule has 23 heavy (non-hydrogen) atoms. The summed E-state index contributed by atoms with van der Waals surface area (Å²) in [4.78, 5) is 14.2. The Morgan fingerprint density at radius 2 is 1.78 bits per heavy atom. The smallest absolute Gasteiger partial charge is 0.322 e. The van der Waals surface area contributed by atoms with Gasteiger partial charge in [0.1, 0.15) is 0 Å². The highest BCUT2D eigenvalue weighted by Gasteiger charge is 2.32. The monoisotopic (exact) mass is 350 g/mol. The third kappa shape index (κ3) is 3.56. The Balaban J connectivity index is 1.61. The maximum atomic E-state index is 12.6. The molecule has 0 atom stereocenters. The molecule has 2 heterocycles. The molecule has 0 spiro atoms. The molecule has 0 saturated carbocycles. The number of piperidine rings is 1. The number of nitrogens with zero attached hydrogens (tertiary/aromatic N) is 1. The number of benzene rings is 1. The molecule has 2 amide bonds. The van der Waals surface area contributed by atoms with Crippen LogP contribution in [0.5, 0.6) is 0 Å². The molecule has 0 unspecified atom stereocenters. The molecule has 7 heteroatoms. The largest absolute Gasteiger partial charge is 0.324 e. The highest BCUT2D eigenvalue weighted by molar-refractivity contribution is 7.92. The Morgan fingerprint density at radius 1 is 1.09 bits per heavy atom. The summed E-state index contributed by atoms with van der Waals surface area (Å²) in [6.45, 7) is 0.905. The average Bonchev–Trinajstić information content (AvgIpc) is 3.09. The van der Waals surface area contributed by atoms with Crippen LogP contribution in [0.3, 0.4) is 0 Å². The molecule has 5 nitrogen and oxygen atoms in total. The van der Waals surface area contributed by atoms with Crippen LogP contribution in [0.15, 0.2) is 52.7 Å². The summed E-state index contributed by atoms with van der Waals surface area (Å²) in [7, 11) is -3.32. The van der Waals surface area contributed by atoms with Crippen LogP contribution in [-0.4, -0.2) is 37.7 Å². The van der Waals surface area contributed by atoms with Gasteiger partial charge in [-0.1, -0.05) is 18.2 Å². The molecular weight excluding hydrogens is 332 g/mol. The molecule has 3 rings (SSSR count). The summed E-state index contributed by atoms with van der Waals surface area (Å²) in [6.07, 6.45) is 0.935. The van der Waals surface area contributed by atoms with E-state index in [4.69, 9.17) is 0 Å². The molecule has 0 bridgehead atoms. The number of nitrogens with one attached hydrogen (secondary N) is 1. The van der Waals surface area contributed by atoms with Crippen LogP contribution in [0.2, 0.25) is 0 Å². The predicted molar refractivity (Wildman–Crippen MR) is 91.6 cm³/mol. The van der Waals surface area contributed by atoms with E-state index in [-0.39, 0.29) is 6.03 Å². The fourth-order valence-corrected chi connectivity index (χ4v) is 5.07. The van der Waals surface area contributed by atoms with Crippen molar-refractivity contribution in [2.45, 2.75) is 23.0 Å². The van der Waals surface area contributed by atoms with Crippen molar-refractivity contribution in [3.05, 3.63) is 47.8 Å². The predicted octanol–water partition coefficient (Wildman–Crippen LogP) is 3.22. The number of thiophene rings is 1. The fraction of sp³-hybridized carbons (Fsp3) is 0.312. The van der Waals surface area contributed by atoms with Gasteiger partial charge in [0.15, 0.2) is 9.84 Å². The van der Waals surface area contributed by atoms with Gasteiger partial charge in [0.25, 0.3) is 0 Å². The van der Waals surface area contributed by atoms with Gasteiger partial charge in [-0.15, -0.1) is 11.3 Å². The van der Waals surface area contributed by atoms with Crippen molar-refractivity contribution in [1.29, 1.82) is 0 Å². The van der Waals surface area contributed by atoms with Crippen LogP contribution in [0.1, 0.15) is 12.8 Å². The number of hydrogen-bond acceptors (Lipinski definition) is 4. The van der Waals surface area contributed by atoms with E-state index >= 15 is 0 Å². The fourth-order valence-electron chi connectivity index (χ4n) is 2.71. The maximum absolute atomic E-state index is 12.6. The summed E-state index contributed by atoms with van der Waals surface area (Å²) >= 11 is 1.46. The van der Waals surface area contributed by atoms with E-state index in [0.717, 1.165) is 5.00 Å². The number of rotatable bonds is 3. The van der Waals surface area contributed by atoms with Crippen molar-refractivity contribution >= 4 is 32.2 Å². The number of hydrogen-bond donors (Lipinski definition) is 1. The molecule has 122 valence electrons. The second-order valence-corrected chi connectivity index (χ2v) is 8.63. The van der Waals surface area contributed by atoms with E-state index in [2.05, 4.69) is 5.32 Å². The highest BCUT2D eigenvalue weighted by atomic mass is 32.2. The number of sulfone groups is 1. The number of anilines is 1. The molecule has 2 aromatic rings. The first-order valence-electron chi connectivity index (χ1n) is 7.46. The molecule has 1 aliphatic rings.